The molecule has 1 rings (SSSR count). The molecule has 0 aliphatic rings. The van der Waals surface area contributed by atoms with Crippen LogP contribution in [0.25, 0.3) is 0 Å². The highest BCUT2D eigenvalue weighted by Crippen LogP contribution is 2.16. The average Bonchev–Trinajstić information content (AvgIpc) is 2.02. The van der Waals surface area contributed by atoms with Gasteiger partial charge in [0.15, 0.2) is 5.30 Å². The van der Waals surface area contributed by atoms with Crippen LogP contribution in [0.15, 0.2) is 6.07 Å². The summed E-state index contributed by atoms with van der Waals surface area (Å²) in [6, 6.07) is 2.15. The van der Waals surface area contributed by atoms with Crippen LogP contribution >= 0.6 is 8.46 Å². The summed E-state index contributed by atoms with van der Waals surface area (Å²) < 4.78 is 10.9. The Labute approximate surface area is 75.0 Å². The summed E-state index contributed by atoms with van der Waals surface area (Å²) in [5.41, 5.74) is 4.81. The average molecular weight is 181 g/mol. The van der Waals surface area contributed by atoms with Crippen LogP contribution in [0.1, 0.15) is 22.3 Å². The molecule has 0 aromatic heterocycles. The Morgan fingerprint density at radius 1 is 1.00 bits per heavy atom. The van der Waals surface area contributed by atoms with Gasteiger partial charge in [0.2, 0.25) is 0 Å². The zero-order chi connectivity index (χ0) is 9.30. The third-order valence-corrected chi connectivity index (χ3v) is 3.42. The van der Waals surface area contributed by atoms with E-state index in [0.717, 1.165) is 5.30 Å². The minimum atomic E-state index is -0.330. The minimum Gasteiger partial charge on any atom is -0.0707 e. The Bertz CT molecular complexity index is 303. The van der Waals surface area contributed by atoms with Crippen molar-refractivity contribution in [2.45, 2.75) is 27.7 Å². The molecule has 0 aliphatic heterocycles. The molecule has 0 fully saturated rings. The van der Waals surface area contributed by atoms with Gasteiger partial charge < -0.3 is 0 Å². The molecule has 1 atom stereocenters. The van der Waals surface area contributed by atoms with E-state index >= 15 is 0 Å². The lowest BCUT2D eigenvalue weighted by atomic mass is 10.0. The zero-order valence-electron chi connectivity index (χ0n) is 7.99. The van der Waals surface area contributed by atoms with E-state index in [4.69, 9.17) is 0 Å². The van der Waals surface area contributed by atoms with Crippen molar-refractivity contribution in [2.75, 3.05) is 0 Å². The molecule has 64 valence electrons. The van der Waals surface area contributed by atoms with Crippen LogP contribution in [-0.2, 0) is 4.57 Å². The number of hydrogen-bond acceptors (Lipinski definition) is 1. The van der Waals surface area contributed by atoms with Gasteiger partial charge in [-0.15, -0.1) is 0 Å². The van der Waals surface area contributed by atoms with Crippen molar-refractivity contribution in [3.63, 3.8) is 0 Å². The van der Waals surface area contributed by atoms with Crippen molar-refractivity contribution in [3.05, 3.63) is 28.3 Å². The van der Waals surface area contributed by atoms with Crippen LogP contribution in [0.5, 0.6) is 0 Å². The summed E-state index contributed by atoms with van der Waals surface area (Å²) in [7, 11) is -0.330. The fraction of sp³-hybridized carbons (Fsp3) is 0.400. The monoisotopic (exact) mass is 181 g/mol. The zero-order valence-corrected chi connectivity index (χ0v) is 8.99. The van der Waals surface area contributed by atoms with E-state index in [9.17, 15) is 4.57 Å². The fourth-order valence-corrected chi connectivity index (χ4v) is 2.07. The number of benzene rings is 1. The Morgan fingerprint density at radius 3 is 1.75 bits per heavy atom. The van der Waals surface area contributed by atoms with Crippen molar-refractivity contribution in [1.82, 2.24) is 0 Å². The summed E-state index contributed by atoms with van der Waals surface area (Å²) in [5.74, 6) is 0. The Hall–Kier alpha value is -0.680. The second kappa shape index (κ2) is 3.37. The molecule has 0 heterocycles. The van der Waals surface area contributed by atoms with Gasteiger partial charge in [0.1, 0.15) is 0 Å². The molecule has 12 heavy (non-hydrogen) atoms. The van der Waals surface area contributed by atoms with Crippen LogP contribution in [-0.4, -0.2) is 0 Å². The van der Waals surface area contributed by atoms with Gasteiger partial charge in [-0.25, -0.2) is 0 Å². The number of hydrogen-bond donors (Lipinski definition) is 0. The molecule has 0 radical (unpaired) electrons. The van der Waals surface area contributed by atoms with Gasteiger partial charge in [-0.2, -0.15) is 0 Å². The molecule has 1 nitrogen and oxygen atoms in total. The predicted octanol–water partition coefficient (Wildman–Crippen LogP) is 2.57. The Kier molecular flexibility index (Phi) is 2.64. The molecule has 0 N–H and O–H groups in total. The minimum absolute atomic E-state index is 0.330. The molecule has 1 aromatic rings. The lowest BCUT2D eigenvalue weighted by molar-refractivity contribution is 0.603. The molecule has 1 unspecified atom stereocenters. The summed E-state index contributed by atoms with van der Waals surface area (Å²) >= 11 is 0. The van der Waals surface area contributed by atoms with Gasteiger partial charge in [0, 0.05) is 11.1 Å². The van der Waals surface area contributed by atoms with Crippen LogP contribution < -0.4 is 5.30 Å². The molecule has 0 saturated heterocycles. The Morgan fingerprint density at radius 2 is 1.42 bits per heavy atom. The first-order chi connectivity index (χ1) is 5.57. The van der Waals surface area contributed by atoms with Crippen LogP contribution in [0.4, 0.5) is 0 Å². The molecule has 0 bridgehead atoms. The van der Waals surface area contributed by atoms with Crippen molar-refractivity contribution in [3.8, 4) is 0 Å². The maximum Gasteiger partial charge on any atom is 0.363 e. The lowest BCUT2D eigenvalue weighted by Crippen LogP contribution is -2.07. The first-order valence-electron chi connectivity index (χ1n) is 4.03. The van der Waals surface area contributed by atoms with Crippen LogP contribution in [0, 0.1) is 27.7 Å². The van der Waals surface area contributed by atoms with Crippen molar-refractivity contribution >= 4 is 13.8 Å². The van der Waals surface area contributed by atoms with E-state index in [2.05, 4.69) is 19.9 Å². The van der Waals surface area contributed by atoms with E-state index in [-0.39, 0.29) is 8.46 Å². The van der Waals surface area contributed by atoms with Gasteiger partial charge in [-0.3, -0.25) is 0 Å². The largest absolute Gasteiger partial charge is 0.363 e. The summed E-state index contributed by atoms with van der Waals surface area (Å²) in [6.07, 6.45) is 0. The highest BCUT2D eigenvalue weighted by molar-refractivity contribution is 7.34. The third-order valence-electron chi connectivity index (χ3n) is 2.47. The van der Waals surface area contributed by atoms with Crippen molar-refractivity contribution < 1.29 is 4.57 Å². The normalized spacial score (nSPS) is 10.7. The maximum atomic E-state index is 10.9. The van der Waals surface area contributed by atoms with Gasteiger partial charge >= 0.3 is 8.46 Å². The van der Waals surface area contributed by atoms with E-state index in [1.54, 1.807) is 0 Å². The molecule has 0 saturated carbocycles. The number of aryl methyl sites for hydroxylation is 2. The highest BCUT2D eigenvalue weighted by Gasteiger charge is 2.13. The van der Waals surface area contributed by atoms with E-state index < -0.39 is 0 Å². The van der Waals surface area contributed by atoms with Crippen LogP contribution in [0.2, 0.25) is 0 Å². The molecule has 0 spiro atoms. The van der Waals surface area contributed by atoms with Crippen LogP contribution in [0.3, 0.4) is 0 Å². The maximum absolute atomic E-state index is 10.9. The second-order valence-corrected chi connectivity index (χ2v) is 3.94. The SMILES string of the molecule is Cc1cc(C)c(C)c([PH+]=O)c1C. The van der Waals surface area contributed by atoms with Crippen molar-refractivity contribution in [2.24, 2.45) is 0 Å². The molecule has 2 heteroatoms. The van der Waals surface area contributed by atoms with Gasteiger partial charge in [0.05, 0.1) is 0 Å². The lowest BCUT2D eigenvalue weighted by Gasteiger charge is -2.04. The first-order valence-corrected chi connectivity index (χ1v) is 4.94. The second-order valence-electron chi connectivity index (χ2n) is 3.24. The summed E-state index contributed by atoms with van der Waals surface area (Å²) in [5, 5.41) is 1.01. The topological polar surface area (TPSA) is 17.1 Å². The standard InChI is InChI=1S/C10H13OP/c1-6-5-7(2)9(4)10(12-11)8(6)3/h5H,1-4H3/p+1. The van der Waals surface area contributed by atoms with Crippen molar-refractivity contribution in [1.29, 1.82) is 0 Å². The molecule has 0 aliphatic carbocycles. The molecular weight excluding hydrogens is 167 g/mol. The fourth-order valence-electron chi connectivity index (χ4n) is 1.37. The molecular formula is C10H14OP+. The van der Waals surface area contributed by atoms with Gasteiger partial charge in [-0.05, 0) is 38.8 Å². The quantitative estimate of drug-likeness (QED) is 0.608. The summed E-state index contributed by atoms with van der Waals surface area (Å²) in [6.45, 7) is 8.18. The third kappa shape index (κ3) is 1.42. The number of rotatable bonds is 1. The van der Waals surface area contributed by atoms with E-state index in [1.807, 2.05) is 13.8 Å². The van der Waals surface area contributed by atoms with E-state index in [0.29, 0.717) is 0 Å². The highest BCUT2D eigenvalue weighted by atomic mass is 31.1. The molecule has 1 aromatic carbocycles. The van der Waals surface area contributed by atoms with Gasteiger partial charge in [0.25, 0.3) is 0 Å². The smallest absolute Gasteiger partial charge is 0.0707 e. The van der Waals surface area contributed by atoms with E-state index in [1.165, 1.54) is 22.3 Å². The van der Waals surface area contributed by atoms with Gasteiger partial charge in [-0.1, -0.05) is 10.6 Å². The Balaban J connectivity index is 3.52. The predicted molar refractivity (Wildman–Crippen MR) is 54.0 cm³/mol. The summed E-state index contributed by atoms with van der Waals surface area (Å²) in [4.78, 5) is 0. The molecule has 0 amide bonds. The first kappa shape index (κ1) is 9.41.